The predicted octanol–water partition coefficient (Wildman–Crippen LogP) is 2.92. The van der Waals surface area contributed by atoms with Crippen molar-refractivity contribution in [2.24, 2.45) is 5.92 Å². The number of benzene rings is 1. The lowest BCUT2D eigenvalue weighted by Gasteiger charge is -2.23. The minimum Gasteiger partial charge on any atom is -0.316 e. The molecule has 18 heavy (non-hydrogen) atoms. The van der Waals surface area contributed by atoms with E-state index in [2.05, 4.69) is 5.32 Å². The van der Waals surface area contributed by atoms with Gasteiger partial charge in [0.25, 0.3) is 0 Å². The van der Waals surface area contributed by atoms with Crippen molar-refractivity contribution < 1.29 is 22.0 Å². The third-order valence-corrected chi connectivity index (χ3v) is 3.19. The van der Waals surface area contributed by atoms with Gasteiger partial charge in [0.05, 0.1) is 0 Å². The number of nitrogens with one attached hydrogen (secondary N) is 1. The predicted molar refractivity (Wildman–Crippen MR) is 55.5 cm³/mol. The van der Waals surface area contributed by atoms with E-state index in [0.29, 0.717) is 13.0 Å². The Morgan fingerprint density at radius 3 is 1.94 bits per heavy atom. The Labute approximate surface area is 101 Å². The summed E-state index contributed by atoms with van der Waals surface area (Å²) >= 11 is 0. The first-order chi connectivity index (χ1) is 8.52. The zero-order chi connectivity index (χ0) is 13.3. The van der Waals surface area contributed by atoms with E-state index in [-0.39, 0.29) is 12.3 Å². The van der Waals surface area contributed by atoms with E-state index in [1.807, 2.05) is 0 Å². The number of rotatable bonds is 2. The molecule has 100 valence electrons. The third-order valence-electron chi connectivity index (χ3n) is 3.19. The Morgan fingerprint density at radius 1 is 0.889 bits per heavy atom. The van der Waals surface area contributed by atoms with E-state index < -0.39 is 34.6 Å². The quantitative estimate of drug-likeness (QED) is 0.492. The van der Waals surface area contributed by atoms with Gasteiger partial charge in [0, 0.05) is 5.56 Å². The van der Waals surface area contributed by atoms with E-state index in [0.717, 1.165) is 13.0 Å². The summed E-state index contributed by atoms with van der Waals surface area (Å²) in [7, 11) is 0. The van der Waals surface area contributed by atoms with Crippen LogP contribution in [0.5, 0.6) is 0 Å². The molecule has 0 saturated carbocycles. The summed E-state index contributed by atoms with van der Waals surface area (Å²) in [6.07, 6.45) is 1.41. The third kappa shape index (κ3) is 2.34. The van der Waals surface area contributed by atoms with E-state index in [9.17, 15) is 22.0 Å². The Hall–Kier alpha value is -1.17. The van der Waals surface area contributed by atoms with Crippen LogP contribution in [-0.2, 0) is 6.42 Å². The van der Waals surface area contributed by atoms with Gasteiger partial charge >= 0.3 is 0 Å². The van der Waals surface area contributed by atoms with Gasteiger partial charge in [-0.15, -0.1) is 0 Å². The van der Waals surface area contributed by atoms with Crippen LogP contribution in [-0.4, -0.2) is 13.1 Å². The van der Waals surface area contributed by atoms with Crippen LogP contribution in [0.4, 0.5) is 22.0 Å². The van der Waals surface area contributed by atoms with Gasteiger partial charge in [-0.05, 0) is 38.3 Å². The molecule has 1 aliphatic rings. The van der Waals surface area contributed by atoms with Crippen LogP contribution in [0.1, 0.15) is 18.4 Å². The highest BCUT2D eigenvalue weighted by Gasteiger charge is 2.27. The van der Waals surface area contributed by atoms with Crippen LogP contribution in [0.15, 0.2) is 0 Å². The fourth-order valence-corrected chi connectivity index (χ4v) is 2.22. The van der Waals surface area contributed by atoms with Crippen LogP contribution < -0.4 is 5.32 Å². The SMILES string of the molecule is Fc1c(F)c(F)c(CC2CCCNC2)c(F)c1F. The lowest BCUT2D eigenvalue weighted by atomic mass is 9.91. The smallest absolute Gasteiger partial charge is 0.200 e. The average Bonchev–Trinajstić information content (AvgIpc) is 2.40. The Kier molecular flexibility index (Phi) is 3.85. The molecule has 2 rings (SSSR count). The first kappa shape index (κ1) is 13.3. The molecule has 0 aromatic heterocycles. The second-order valence-corrected chi connectivity index (χ2v) is 4.46. The number of hydrogen-bond donors (Lipinski definition) is 1. The summed E-state index contributed by atoms with van der Waals surface area (Å²) < 4.78 is 65.6. The fourth-order valence-electron chi connectivity index (χ4n) is 2.22. The molecule has 0 aliphatic carbocycles. The molecule has 1 N–H and O–H groups in total. The minimum atomic E-state index is -2.10. The van der Waals surface area contributed by atoms with E-state index in [4.69, 9.17) is 0 Å². The monoisotopic (exact) mass is 265 g/mol. The molecule has 1 unspecified atom stereocenters. The first-order valence-electron chi connectivity index (χ1n) is 5.73. The summed E-state index contributed by atoms with van der Waals surface area (Å²) in [4.78, 5) is 0. The van der Waals surface area contributed by atoms with Crippen molar-refractivity contribution in [3.05, 3.63) is 34.6 Å². The van der Waals surface area contributed by atoms with E-state index in [1.165, 1.54) is 0 Å². The summed E-state index contributed by atoms with van der Waals surface area (Å²) in [5.74, 6) is -9.36. The molecule has 1 nitrogen and oxygen atoms in total. The van der Waals surface area contributed by atoms with E-state index in [1.54, 1.807) is 0 Å². The molecular formula is C12H12F5N. The largest absolute Gasteiger partial charge is 0.316 e. The van der Waals surface area contributed by atoms with Gasteiger partial charge in [-0.1, -0.05) is 0 Å². The highest BCUT2D eigenvalue weighted by Crippen LogP contribution is 2.26. The minimum absolute atomic E-state index is 0.105. The lowest BCUT2D eigenvalue weighted by Crippen LogP contribution is -2.31. The van der Waals surface area contributed by atoms with Gasteiger partial charge in [0.1, 0.15) is 0 Å². The summed E-state index contributed by atoms with van der Waals surface area (Å²) in [5.41, 5.74) is -0.708. The molecule has 1 heterocycles. The Morgan fingerprint density at radius 2 is 1.44 bits per heavy atom. The maximum Gasteiger partial charge on any atom is 0.200 e. The van der Waals surface area contributed by atoms with Crippen molar-refractivity contribution in [3.8, 4) is 0 Å². The van der Waals surface area contributed by atoms with Gasteiger partial charge in [0.2, 0.25) is 5.82 Å². The van der Waals surface area contributed by atoms with Crippen molar-refractivity contribution in [1.82, 2.24) is 5.32 Å². The maximum absolute atomic E-state index is 13.4. The van der Waals surface area contributed by atoms with Gasteiger partial charge in [0.15, 0.2) is 23.3 Å². The van der Waals surface area contributed by atoms with Crippen LogP contribution in [0.25, 0.3) is 0 Å². The van der Waals surface area contributed by atoms with Gasteiger partial charge < -0.3 is 5.32 Å². The van der Waals surface area contributed by atoms with Gasteiger partial charge in [-0.2, -0.15) is 0 Å². The van der Waals surface area contributed by atoms with Gasteiger partial charge in [-0.25, -0.2) is 22.0 Å². The number of halogens is 5. The molecule has 1 saturated heterocycles. The molecule has 1 aromatic rings. The molecule has 1 aliphatic heterocycles. The van der Waals surface area contributed by atoms with Gasteiger partial charge in [-0.3, -0.25) is 0 Å². The van der Waals surface area contributed by atoms with Crippen molar-refractivity contribution in [2.75, 3.05) is 13.1 Å². The van der Waals surface area contributed by atoms with Crippen molar-refractivity contribution in [2.45, 2.75) is 19.3 Å². The zero-order valence-corrected chi connectivity index (χ0v) is 9.50. The summed E-state index contributed by atoms with van der Waals surface area (Å²) in [6.45, 7) is 1.34. The number of hydrogen-bond acceptors (Lipinski definition) is 1. The van der Waals surface area contributed by atoms with Crippen LogP contribution in [0, 0.1) is 35.0 Å². The molecule has 1 fully saturated rings. The molecule has 6 heteroatoms. The maximum atomic E-state index is 13.4. The molecule has 0 bridgehead atoms. The number of piperidine rings is 1. The van der Waals surface area contributed by atoms with E-state index >= 15 is 0 Å². The van der Waals surface area contributed by atoms with Crippen LogP contribution in [0.3, 0.4) is 0 Å². The highest BCUT2D eigenvalue weighted by molar-refractivity contribution is 5.24. The summed E-state index contributed by atoms with van der Waals surface area (Å²) in [6, 6.07) is 0. The fraction of sp³-hybridized carbons (Fsp3) is 0.500. The second kappa shape index (κ2) is 5.22. The average molecular weight is 265 g/mol. The highest BCUT2D eigenvalue weighted by atomic mass is 19.2. The summed E-state index contributed by atoms with van der Waals surface area (Å²) in [5, 5.41) is 3.03. The normalized spacial score (nSPS) is 20.2. The standard InChI is InChI=1S/C12H12F5N/c13-8-7(4-6-2-1-3-18-5-6)9(14)11(16)12(17)10(8)15/h6,18H,1-5H2. The molecule has 0 radical (unpaired) electrons. The topological polar surface area (TPSA) is 12.0 Å². The van der Waals surface area contributed by atoms with Crippen molar-refractivity contribution >= 4 is 0 Å². The molecule has 0 amide bonds. The Bertz CT molecular complexity index is 425. The van der Waals surface area contributed by atoms with Crippen LogP contribution in [0.2, 0.25) is 0 Å². The molecule has 1 atom stereocenters. The lowest BCUT2D eigenvalue weighted by molar-refractivity contribution is 0.341. The Balaban J connectivity index is 2.32. The second-order valence-electron chi connectivity index (χ2n) is 4.46. The van der Waals surface area contributed by atoms with Crippen LogP contribution >= 0.6 is 0 Å². The molecular weight excluding hydrogens is 253 g/mol. The molecule has 0 spiro atoms. The first-order valence-corrected chi connectivity index (χ1v) is 5.73. The zero-order valence-electron chi connectivity index (χ0n) is 9.50. The van der Waals surface area contributed by atoms with Crippen molar-refractivity contribution in [3.63, 3.8) is 0 Å². The molecule has 1 aromatic carbocycles. The van der Waals surface area contributed by atoms with Crippen molar-refractivity contribution in [1.29, 1.82) is 0 Å².